The molecule has 0 aliphatic carbocycles. The number of aliphatic hydroxyl groups excluding tert-OH is 1. The van der Waals surface area contributed by atoms with E-state index in [1.807, 2.05) is 0 Å². The van der Waals surface area contributed by atoms with Gasteiger partial charge in [0.25, 0.3) is 0 Å². The fourth-order valence-electron chi connectivity index (χ4n) is 10.6. The first-order chi connectivity index (χ1) is 42.9. The lowest BCUT2D eigenvalue weighted by atomic mass is 10.0. The molecule has 5 atom stereocenters. The first-order valence-electron chi connectivity index (χ1n) is 36.5. The summed E-state index contributed by atoms with van der Waals surface area (Å²) < 4.78 is 68.2. The van der Waals surface area contributed by atoms with E-state index < -0.39 is 97.5 Å². The third-order valence-electron chi connectivity index (χ3n) is 16.2. The summed E-state index contributed by atoms with van der Waals surface area (Å²) in [6.07, 6.45) is 47.2. The molecule has 0 heterocycles. The lowest BCUT2D eigenvalue weighted by Gasteiger charge is -2.21. The normalized spacial score (nSPS) is 14.1. The summed E-state index contributed by atoms with van der Waals surface area (Å²) >= 11 is 0. The van der Waals surface area contributed by atoms with Gasteiger partial charge in [-0.3, -0.25) is 37.3 Å². The molecule has 0 aromatic heterocycles. The molecule has 89 heavy (non-hydrogen) atoms. The van der Waals surface area contributed by atoms with Crippen LogP contribution in [0.15, 0.2) is 0 Å². The van der Waals surface area contributed by atoms with E-state index in [9.17, 15) is 43.2 Å². The Morgan fingerprint density at radius 1 is 0.303 bits per heavy atom. The lowest BCUT2D eigenvalue weighted by molar-refractivity contribution is -0.161. The number of aliphatic hydroxyl groups is 1. The maximum Gasteiger partial charge on any atom is 0.472 e. The second kappa shape index (κ2) is 62.2. The Hall–Kier alpha value is -1.94. The van der Waals surface area contributed by atoms with E-state index in [2.05, 4.69) is 41.5 Å². The van der Waals surface area contributed by atoms with Gasteiger partial charge in [-0.05, 0) is 37.5 Å². The number of carbonyl (C=O) groups excluding carboxylic acids is 4. The molecule has 528 valence electrons. The zero-order valence-electron chi connectivity index (χ0n) is 57.7. The van der Waals surface area contributed by atoms with Gasteiger partial charge in [0.2, 0.25) is 0 Å². The van der Waals surface area contributed by atoms with E-state index in [0.29, 0.717) is 25.7 Å². The third kappa shape index (κ3) is 64.6. The molecule has 17 nitrogen and oxygen atoms in total. The van der Waals surface area contributed by atoms with Gasteiger partial charge in [0.05, 0.1) is 26.4 Å². The first kappa shape index (κ1) is 87.1. The van der Waals surface area contributed by atoms with Crippen LogP contribution in [0.4, 0.5) is 0 Å². The van der Waals surface area contributed by atoms with Crippen molar-refractivity contribution in [3.05, 3.63) is 0 Å². The Morgan fingerprint density at radius 2 is 0.517 bits per heavy atom. The van der Waals surface area contributed by atoms with Crippen molar-refractivity contribution in [3.8, 4) is 0 Å². The van der Waals surface area contributed by atoms with Crippen LogP contribution in [-0.4, -0.2) is 96.7 Å². The van der Waals surface area contributed by atoms with E-state index in [-0.39, 0.29) is 25.7 Å². The number of phosphoric ester groups is 2. The van der Waals surface area contributed by atoms with E-state index in [1.165, 1.54) is 173 Å². The Morgan fingerprint density at radius 3 is 0.764 bits per heavy atom. The number of hydrogen-bond donors (Lipinski definition) is 3. The summed E-state index contributed by atoms with van der Waals surface area (Å²) in [7, 11) is -9.90. The van der Waals surface area contributed by atoms with Crippen molar-refractivity contribution in [1.82, 2.24) is 0 Å². The Bertz CT molecular complexity index is 1730. The predicted molar refractivity (Wildman–Crippen MR) is 358 cm³/mol. The van der Waals surface area contributed by atoms with E-state index >= 15 is 0 Å². The highest BCUT2D eigenvalue weighted by atomic mass is 31.2. The minimum atomic E-state index is -4.95. The summed E-state index contributed by atoms with van der Waals surface area (Å²) in [5, 5.41) is 10.6. The van der Waals surface area contributed by atoms with Crippen LogP contribution in [0.1, 0.15) is 356 Å². The van der Waals surface area contributed by atoms with Crippen molar-refractivity contribution in [2.45, 2.75) is 374 Å². The van der Waals surface area contributed by atoms with E-state index in [0.717, 1.165) is 102 Å². The van der Waals surface area contributed by atoms with Gasteiger partial charge in [-0.15, -0.1) is 0 Å². The molecule has 0 aliphatic rings. The minimum absolute atomic E-state index is 0.104. The zero-order valence-corrected chi connectivity index (χ0v) is 59.5. The molecule has 0 bridgehead atoms. The van der Waals surface area contributed by atoms with Crippen molar-refractivity contribution >= 4 is 39.5 Å². The van der Waals surface area contributed by atoms with Gasteiger partial charge in [-0.1, -0.05) is 305 Å². The number of ether oxygens (including phenoxy) is 4. The SMILES string of the molecule is CCCCCCCCCCCCCCCCCCC(=O)O[C@H](COC(=O)CCCCCCCCCCCCC(C)C)COP(=O)(O)OC[C@@H](O)COP(=O)(O)OC[C@@H](COC(=O)CCCCCCCCCCC)OC(=O)CCCCCCCCCCC(C)C. The van der Waals surface area contributed by atoms with Gasteiger partial charge in [0.15, 0.2) is 12.2 Å². The number of unbranched alkanes of at least 4 members (excludes halogenated alkanes) is 39. The molecule has 0 fully saturated rings. The highest BCUT2D eigenvalue weighted by molar-refractivity contribution is 7.47. The van der Waals surface area contributed by atoms with Crippen LogP contribution >= 0.6 is 15.6 Å². The Balaban J connectivity index is 5.23. The van der Waals surface area contributed by atoms with Crippen molar-refractivity contribution in [2.24, 2.45) is 11.8 Å². The van der Waals surface area contributed by atoms with E-state index in [1.54, 1.807) is 0 Å². The second-order valence-electron chi connectivity index (χ2n) is 26.2. The van der Waals surface area contributed by atoms with Crippen LogP contribution < -0.4 is 0 Å². The largest absolute Gasteiger partial charge is 0.472 e. The fraction of sp³-hybridized carbons (Fsp3) is 0.943. The number of rotatable bonds is 69. The van der Waals surface area contributed by atoms with Crippen LogP contribution in [0, 0.1) is 11.8 Å². The average molecular weight is 1310 g/mol. The second-order valence-corrected chi connectivity index (χ2v) is 29.1. The monoisotopic (exact) mass is 1310 g/mol. The highest BCUT2D eigenvalue weighted by Crippen LogP contribution is 2.45. The van der Waals surface area contributed by atoms with Crippen LogP contribution in [0.25, 0.3) is 0 Å². The van der Waals surface area contributed by atoms with Gasteiger partial charge >= 0.3 is 39.5 Å². The molecule has 2 unspecified atom stereocenters. The van der Waals surface area contributed by atoms with Gasteiger partial charge in [-0.25, -0.2) is 9.13 Å². The maximum atomic E-state index is 13.0. The summed E-state index contributed by atoms with van der Waals surface area (Å²) in [6, 6.07) is 0. The fourth-order valence-corrected chi connectivity index (χ4v) is 12.2. The summed E-state index contributed by atoms with van der Waals surface area (Å²) in [4.78, 5) is 72.5. The Kier molecular flexibility index (Phi) is 60.8. The van der Waals surface area contributed by atoms with Crippen LogP contribution in [0.3, 0.4) is 0 Å². The molecule has 0 spiro atoms. The molecule has 0 aliphatic heterocycles. The number of esters is 4. The number of hydrogen-bond acceptors (Lipinski definition) is 15. The summed E-state index contributed by atoms with van der Waals surface area (Å²) in [5.74, 6) is -0.649. The number of carbonyl (C=O) groups is 4. The first-order valence-corrected chi connectivity index (χ1v) is 39.5. The molecule has 19 heteroatoms. The molecule has 0 saturated heterocycles. The Labute approximate surface area is 543 Å². The average Bonchev–Trinajstić information content (AvgIpc) is 3.71. The molecule has 0 amide bonds. The third-order valence-corrected chi connectivity index (χ3v) is 18.1. The highest BCUT2D eigenvalue weighted by Gasteiger charge is 2.30. The molecule has 3 N–H and O–H groups in total. The molecule has 0 radical (unpaired) electrons. The molecule has 0 saturated carbocycles. The quantitative estimate of drug-likeness (QED) is 0.0222. The van der Waals surface area contributed by atoms with Crippen LogP contribution in [0.2, 0.25) is 0 Å². The van der Waals surface area contributed by atoms with Crippen molar-refractivity contribution in [2.75, 3.05) is 39.6 Å². The summed E-state index contributed by atoms with van der Waals surface area (Å²) in [5.41, 5.74) is 0. The van der Waals surface area contributed by atoms with Gasteiger partial charge < -0.3 is 33.8 Å². The van der Waals surface area contributed by atoms with E-state index in [4.69, 9.17) is 37.0 Å². The van der Waals surface area contributed by atoms with Gasteiger partial charge in [0.1, 0.15) is 19.3 Å². The molecule has 0 aromatic carbocycles. The number of phosphoric acid groups is 2. The topological polar surface area (TPSA) is 237 Å². The molecular weight excluding hydrogens is 1170 g/mol. The van der Waals surface area contributed by atoms with Gasteiger partial charge in [0, 0.05) is 25.7 Å². The lowest BCUT2D eigenvalue weighted by Crippen LogP contribution is -2.30. The van der Waals surface area contributed by atoms with Crippen LogP contribution in [0.5, 0.6) is 0 Å². The molecule has 0 rings (SSSR count). The van der Waals surface area contributed by atoms with Crippen molar-refractivity contribution in [1.29, 1.82) is 0 Å². The predicted octanol–water partition coefficient (Wildman–Crippen LogP) is 20.0. The molecular formula is C70H136O17P2. The standard InChI is InChI=1S/C70H136O17P2/c1-7-9-11-13-15-17-18-19-20-21-22-23-29-36-42-48-54-69(74)86-65(59-81-68(73)53-47-41-35-28-25-24-27-32-38-44-50-62(3)4)60-84-88(76,77)82-56-64(71)57-83-89(78,79)85-61-66(58-80-67(72)52-46-40-34-26-16-14-12-10-8-2)87-70(75)55-49-43-37-31-30-33-39-45-51-63(5)6/h62-66,71H,7-61H2,1-6H3,(H,76,77)(H,78,79)/t64-,65-,66-/m1/s1. The zero-order chi connectivity index (χ0) is 65.7. The van der Waals surface area contributed by atoms with Crippen LogP contribution in [-0.2, 0) is 65.4 Å². The van der Waals surface area contributed by atoms with Gasteiger partial charge in [-0.2, -0.15) is 0 Å². The maximum absolute atomic E-state index is 13.0. The minimum Gasteiger partial charge on any atom is -0.462 e. The van der Waals surface area contributed by atoms with Crippen molar-refractivity contribution in [3.63, 3.8) is 0 Å². The molecule has 0 aromatic rings. The smallest absolute Gasteiger partial charge is 0.462 e. The summed E-state index contributed by atoms with van der Waals surface area (Å²) in [6.45, 7) is 9.49. The van der Waals surface area contributed by atoms with Crippen molar-refractivity contribution < 1.29 is 80.2 Å².